The highest BCUT2D eigenvalue weighted by molar-refractivity contribution is 5.44. The first-order chi connectivity index (χ1) is 13.8. The number of anilines is 2. The van der Waals surface area contributed by atoms with E-state index in [1.807, 2.05) is 37.5 Å². The van der Waals surface area contributed by atoms with E-state index in [1.165, 1.54) is 17.1 Å². The molecule has 0 saturated heterocycles. The van der Waals surface area contributed by atoms with Crippen LogP contribution in [0, 0.1) is 0 Å². The lowest BCUT2D eigenvalue weighted by Gasteiger charge is -2.08. The summed E-state index contributed by atoms with van der Waals surface area (Å²) in [5.41, 5.74) is 3.53. The summed E-state index contributed by atoms with van der Waals surface area (Å²) in [5.74, 6) is 1.78. The first-order valence-electron chi connectivity index (χ1n) is 10.1. The smallest absolute Gasteiger partial charge is 0.128 e. The number of hydrogen-bond acceptors (Lipinski definition) is 5. The van der Waals surface area contributed by atoms with Gasteiger partial charge in [-0.2, -0.15) is 0 Å². The molecule has 0 unspecified atom stereocenters. The van der Waals surface area contributed by atoms with Crippen LogP contribution in [0.25, 0.3) is 0 Å². The molecule has 0 aliphatic rings. The maximum Gasteiger partial charge on any atom is 0.128 e. The van der Waals surface area contributed by atoms with Gasteiger partial charge in [0.1, 0.15) is 11.6 Å². The van der Waals surface area contributed by atoms with E-state index in [0.717, 1.165) is 56.7 Å². The maximum absolute atomic E-state index is 4.82. The fourth-order valence-corrected chi connectivity index (χ4v) is 3.12. The Morgan fingerprint density at radius 3 is 2.11 bits per heavy atom. The summed E-state index contributed by atoms with van der Waals surface area (Å²) >= 11 is 0. The quantitative estimate of drug-likeness (QED) is 0.482. The third-order valence-corrected chi connectivity index (χ3v) is 4.63. The zero-order chi connectivity index (χ0) is 19.4. The Morgan fingerprint density at radius 2 is 1.36 bits per heavy atom. The van der Waals surface area contributed by atoms with Crippen molar-refractivity contribution in [3.63, 3.8) is 0 Å². The van der Waals surface area contributed by atoms with Crippen molar-refractivity contribution >= 4 is 11.6 Å². The highest BCUT2D eigenvalue weighted by atomic mass is 15.0. The van der Waals surface area contributed by atoms with E-state index >= 15 is 0 Å². The SMILES string of the molecule is CNc1cccc(NCCCc2cccc(CCCCc3ccccn3)n2)n1. The van der Waals surface area contributed by atoms with Gasteiger partial charge in [0.2, 0.25) is 0 Å². The van der Waals surface area contributed by atoms with E-state index in [4.69, 9.17) is 4.98 Å². The van der Waals surface area contributed by atoms with Crippen LogP contribution in [0.3, 0.4) is 0 Å². The topological polar surface area (TPSA) is 62.7 Å². The van der Waals surface area contributed by atoms with Crippen LogP contribution in [0.5, 0.6) is 0 Å². The second-order valence-electron chi connectivity index (χ2n) is 6.84. The number of aryl methyl sites for hydroxylation is 3. The van der Waals surface area contributed by atoms with Gasteiger partial charge in [0, 0.05) is 36.9 Å². The number of rotatable bonds is 11. The van der Waals surface area contributed by atoms with Gasteiger partial charge in [0.05, 0.1) is 0 Å². The Kier molecular flexibility index (Phi) is 7.79. The highest BCUT2D eigenvalue weighted by Crippen LogP contribution is 2.10. The Labute approximate surface area is 167 Å². The molecule has 3 heterocycles. The van der Waals surface area contributed by atoms with Gasteiger partial charge in [-0.1, -0.05) is 18.2 Å². The van der Waals surface area contributed by atoms with Crippen LogP contribution in [-0.4, -0.2) is 28.5 Å². The molecule has 0 aromatic carbocycles. The van der Waals surface area contributed by atoms with Gasteiger partial charge in [-0.25, -0.2) is 4.98 Å². The number of pyridine rings is 3. The summed E-state index contributed by atoms with van der Waals surface area (Å²) < 4.78 is 0. The molecule has 0 atom stereocenters. The van der Waals surface area contributed by atoms with Crippen molar-refractivity contribution in [2.75, 3.05) is 24.2 Å². The molecular weight excluding hydrogens is 346 g/mol. The number of hydrogen-bond donors (Lipinski definition) is 2. The summed E-state index contributed by atoms with van der Waals surface area (Å²) in [6, 6.07) is 18.4. The van der Waals surface area contributed by atoms with Crippen LogP contribution >= 0.6 is 0 Å². The molecule has 3 rings (SSSR count). The van der Waals surface area contributed by atoms with Gasteiger partial charge in [-0.15, -0.1) is 0 Å². The molecule has 0 spiro atoms. The second-order valence-corrected chi connectivity index (χ2v) is 6.84. The summed E-state index contributed by atoms with van der Waals surface area (Å²) in [4.78, 5) is 13.7. The Balaban J connectivity index is 1.37. The molecular formula is C23H29N5. The normalized spacial score (nSPS) is 10.6. The monoisotopic (exact) mass is 375 g/mol. The Hall–Kier alpha value is -2.95. The van der Waals surface area contributed by atoms with Crippen molar-refractivity contribution in [2.45, 2.75) is 38.5 Å². The summed E-state index contributed by atoms with van der Waals surface area (Å²) in [5, 5.41) is 6.43. The number of aromatic nitrogens is 3. The van der Waals surface area contributed by atoms with Gasteiger partial charge in [0.15, 0.2) is 0 Å². The molecule has 0 fully saturated rings. The van der Waals surface area contributed by atoms with Crippen molar-refractivity contribution in [2.24, 2.45) is 0 Å². The molecule has 0 aliphatic heterocycles. The summed E-state index contributed by atoms with van der Waals surface area (Å²) in [6.45, 7) is 0.885. The van der Waals surface area contributed by atoms with Crippen LogP contribution < -0.4 is 10.6 Å². The predicted octanol–water partition coefficient (Wildman–Crippen LogP) is 4.52. The molecule has 0 saturated carbocycles. The zero-order valence-corrected chi connectivity index (χ0v) is 16.6. The van der Waals surface area contributed by atoms with Crippen molar-refractivity contribution < 1.29 is 0 Å². The largest absolute Gasteiger partial charge is 0.373 e. The van der Waals surface area contributed by atoms with Crippen LogP contribution in [0.2, 0.25) is 0 Å². The molecule has 3 aromatic heterocycles. The fraction of sp³-hybridized carbons (Fsp3) is 0.348. The molecule has 5 heteroatoms. The first kappa shape index (κ1) is 19.8. The minimum absolute atomic E-state index is 0.877. The second kappa shape index (κ2) is 11.0. The Morgan fingerprint density at radius 1 is 0.679 bits per heavy atom. The van der Waals surface area contributed by atoms with E-state index in [0.29, 0.717) is 0 Å². The van der Waals surface area contributed by atoms with Crippen molar-refractivity contribution in [3.8, 4) is 0 Å². The maximum atomic E-state index is 4.82. The lowest BCUT2D eigenvalue weighted by atomic mass is 10.1. The van der Waals surface area contributed by atoms with Gasteiger partial charge in [0.25, 0.3) is 0 Å². The third-order valence-electron chi connectivity index (χ3n) is 4.63. The molecule has 0 aliphatic carbocycles. The average Bonchev–Trinajstić information content (AvgIpc) is 2.75. The lowest BCUT2D eigenvalue weighted by Crippen LogP contribution is -2.06. The van der Waals surface area contributed by atoms with E-state index in [9.17, 15) is 0 Å². The molecule has 28 heavy (non-hydrogen) atoms. The van der Waals surface area contributed by atoms with Crippen LogP contribution in [0.1, 0.15) is 36.3 Å². The number of nitrogens with one attached hydrogen (secondary N) is 2. The predicted molar refractivity (Wildman–Crippen MR) is 116 cm³/mol. The van der Waals surface area contributed by atoms with Crippen molar-refractivity contribution in [1.29, 1.82) is 0 Å². The van der Waals surface area contributed by atoms with E-state index in [1.54, 1.807) is 0 Å². The van der Waals surface area contributed by atoms with E-state index in [-0.39, 0.29) is 0 Å². The number of unbranched alkanes of at least 4 members (excludes halogenated alkanes) is 1. The summed E-state index contributed by atoms with van der Waals surface area (Å²) in [7, 11) is 1.88. The zero-order valence-electron chi connectivity index (χ0n) is 16.6. The molecule has 146 valence electrons. The van der Waals surface area contributed by atoms with Gasteiger partial charge >= 0.3 is 0 Å². The van der Waals surface area contributed by atoms with E-state index < -0.39 is 0 Å². The third kappa shape index (κ3) is 6.65. The van der Waals surface area contributed by atoms with Crippen LogP contribution in [0.15, 0.2) is 60.8 Å². The highest BCUT2D eigenvalue weighted by Gasteiger charge is 2.01. The molecule has 0 amide bonds. The Bertz CT molecular complexity index is 835. The first-order valence-corrected chi connectivity index (χ1v) is 10.1. The van der Waals surface area contributed by atoms with Gasteiger partial charge < -0.3 is 10.6 Å². The van der Waals surface area contributed by atoms with Crippen molar-refractivity contribution in [3.05, 3.63) is 77.9 Å². The average molecular weight is 376 g/mol. The molecule has 0 radical (unpaired) electrons. The standard InChI is InChI=1S/C23H29N5/c1-24-22-15-7-16-23(28-22)26-18-8-14-21-13-6-12-20(27-21)11-3-2-9-19-10-4-5-17-25-19/h4-7,10,12-13,15-17H,2-3,8-9,11,14,18H2,1H3,(H2,24,26,28). The molecule has 5 nitrogen and oxygen atoms in total. The lowest BCUT2D eigenvalue weighted by molar-refractivity contribution is 0.707. The summed E-state index contributed by atoms with van der Waals surface area (Å²) in [6.07, 6.45) is 8.22. The molecule has 2 N–H and O–H groups in total. The number of nitrogens with zero attached hydrogens (tertiary/aromatic N) is 3. The molecule has 0 bridgehead atoms. The minimum atomic E-state index is 0.877. The van der Waals surface area contributed by atoms with Crippen LogP contribution in [0.4, 0.5) is 11.6 Å². The minimum Gasteiger partial charge on any atom is -0.373 e. The van der Waals surface area contributed by atoms with E-state index in [2.05, 4.69) is 50.9 Å². The molecule has 3 aromatic rings. The van der Waals surface area contributed by atoms with Gasteiger partial charge in [-0.3, -0.25) is 9.97 Å². The fourth-order valence-electron chi connectivity index (χ4n) is 3.12. The van der Waals surface area contributed by atoms with Gasteiger partial charge in [-0.05, 0) is 74.9 Å². The van der Waals surface area contributed by atoms with Crippen molar-refractivity contribution in [1.82, 2.24) is 15.0 Å². The van der Waals surface area contributed by atoms with Crippen LogP contribution in [-0.2, 0) is 19.3 Å².